The summed E-state index contributed by atoms with van der Waals surface area (Å²) in [6, 6.07) is 0. The molecule has 1 rings (SSSR count). The van der Waals surface area contributed by atoms with Gasteiger partial charge in [-0.2, -0.15) is 0 Å². The van der Waals surface area contributed by atoms with E-state index >= 15 is 0 Å². The lowest BCUT2D eigenvalue weighted by Crippen LogP contribution is -2.28. The smallest absolute Gasteiger partial charge is 0.00746 e. The van der Waals surface area contributed by atoms with Crippen molar-refractivity contribution in [2.45, 2.75) is 46.5 Å². The summed E-state index contributed by atoms with van der Waals surface area (Å²) in [6.07, 6.45) is 5.41. The minimum absolute atomic E-state index is 0.567. The van der Waals surface area contributed by atoms with Crippen molar-refractivity contribution in [1.29, 1.82) is 0 Å². The number of hydrogen-bond donors (Lipinski definition) is 1. The molecule has 72 valence electrons. The zero-order valence-electron chi connectivity index (χ0n) is 8.77. The standard InChI is InChI=1S/C11H23N/c1-9-6-10(4-5-12)8-11(2,3)7-9/h9-10H,4-8,12H2,1-3H3/t9-,10-/m1/s1. The third-order valence-corrected chi connectivity index (χ3v) is 3.05. The Kier molecular flexibility index (Phi) is 3.16. The summed E-state index contributed by atoms with van der Waals surface area (Å²) in [7, 11) is 0. The minimum Gasteiger partial charge on any atom is -0.330 e. The van der Waals surface area contributed by atoms with Crippen molar-refractivity contribution in [3.8, 4) is 0 Å². The normalized spacial score (nSPS) is 35.0. The molecule has 0 aromatic rings. The summed E-state index contributed by atoms with van der Waals surface area (Å²) in [6.45, 7) is 8.04. The maximum Gasteiger partial charge on any atom is -0.00746 e. The first kappa shape index (κ1) is 10.0. The van der Waals surface area contributed by atoms with Crippen LogP contribution in [-0.2, 0) is 0 Å². The lowest BCUT2D eigenvalue weighted by molar-refractivity contribution is 0.129. The molecular formula is C11H23N. The van der Waals surface area contributed by atoms with Crippen LogP contribution in [0.4, 0.5) is 0 Å². The molecule has 1 aliphatic rings. The van der Waals surface area contributed by atoms with Crippen molar-refractivity contribution < 1.29 is 0 Å². The lowest BCUT2D eigenvalue weighted by Gasteiger charge is -2.39. The highest BCUT2D eigenvalue weighted by molar-refractivity contribution is 4.82. The van der Waals surface area contributed by atoms with Gasteiger partial charge in [0.1, 0.15) is 0 Å². The van der Waals surface area contributed by atoms with Crippen molar-refractivity contribution in [3.05, 3.63) is 0 Å². The molecule has 12 heavy (non-hydrogen) atoms. The fourth-order valence-electron chi connectivity index (χ4n) is 3.00. The van der Waals surface area contributed by atoms with Crippen LogP contribution in [-0.4, -0.2) is 6.54 Å². The molecular weight excluding hydrogens is 146 g/mol. The molecule has 1 aliphatic carbocycles. The quantitative estimate of drug-likeness (QED) is 0.676. The molecule has 0 bridgehead atoms. The van der Waals surface area contributed by atoms with Gasteiger partial charge >= 0.3 is 0 Å². The van der Waals surface area contributed by atoms with E-state index in [1.165, 1.54) is 25.7 Å². The zero-order valence-corrected chi connectivity index (χ0v) is 8.77. The van der Waals surface area contributed by atoms with Crippen LogP contribution in [0.3, 0.4) is 0 Å². The molecule has 2 N–H and O–H groups in total. The molecule has 0 heterocycles. The van der Waals surface area contributed by atoms with Crippen molar-refractivity contribution in [3.63, 3.8) is 0 Å². The van der Waals surface area contributed by atoms with Crippen LogP contribution in [0.25, 0.3) is 0 Å². The molecule has 0 unspecified atom stereocenters. The predicted molar refractivity (Wildman–Crippen MR) is 54.0 cm³/mol. The van der Waals surface area contributed by atoms with Gasteiger partial charge in [0, 0.05) is 0 Å². The first-order chi connectivity index (χ1) is 5.53. The highest BCUT2D eigenvalue weighted by Gasteiger charge is 2.31. The number of rotatable bonds is 2. The van der Waals surface area contributed by atoms with Crippen LogP contribution in [0.15, 0.2) is 0 Å². The molecule has 0 amide bonds. The largest absolute Gasteiger partial charge is 0.330 e. The molecule has 2 atom stereocenters. The first-order valence-corrected chi connectivity index (χ1v) is 5.23. The van der Waals surface area contributed by atoms with Gasteiger partial charge in [-0.1, -0.05) is 20.8 Å². The molecule has 1 nitrogen and oxygen atoms in total. The van der Waals surface area contributed by atoms with Gasteiger partial charge in [-0.3, -0.25) is 0 Å². The third kappa shape index (κ3) is 2.78. The van der Waals surface area contributed by atoms with Crippen molar-refractivity contribution in [2.75, 3.05) is 6.54 Å². The summed E-state index contributed by atoms with van der Waals surface area (Å²) in [5, 5.41) is 0. The zero-order chi connectivity index (χ0) is 9.19. The van der Waals surface area contributed by atoms with Crippen LogP contribution in [0.2, 0.25) is 0 Å². The summed E-state index contributed by atoms with van der Waals surface area (Å²) in [5.41, 5.74) is 6.16. The van der Waals surface area contributed by atoms with E-state index in [9.17, 15) is 0 Å². The van der Waals surface area contributed by atoms with Crippen LogP contribution in [0, 0.1) is 17.3 Å². The maximum absolute atomic E-state index is 5.59. The van der Waals surface area contributed by atoms with E-state index in [-0.39, 0.29) is 0 Å². The molecule has 1 saturated carbocycles. The molecule has 1 heteroatoms. The fourth-order valence-corrected chi connectivity index (χ4v) is 3.00. The van der Waals surface area contributed by atoms with Crippen LogP contribution < -0.4 is 5.73 Å². The van der Waals surface area contributed by atoms with Crippen LogP contribution in [0.1, 0.15) is 46.5 Å². The predicted octanol–water partition coefficient (Wildman–Crippen LogP) is 2.80. The summed E-state index contributed by atoms with van der Waals surface area (Å²) < 4.78 is 0. The average Bonchev–Trinajstić information content (AvgIpc) is 1.82. The Morgan fingerprint density at radius 3 is 2.50 bits per heavy atom. The highest BCUT2D eigenvalue weighted by Crippen LogP contribution is 2.42. The van der Waals surface area contributed by atoms with Gasteiger partial charge in [-0.05, 0) is 49.5 Å². The summed E-state index contributed by atoms with van der Waals surface area (Å²) >= 11 is 0. The van der Waals surface area contributed by atoms with Gasteiger partial charge in [0.25, 0.3) is 0 Å². The van der Waals surface area contributed by atoms with E-state index in [4.69, 9.17) is 5.73 Å². The molecule has 1 fully saturated rings. The second-order valence-electron chi connectivity index (χ2n) is 5.36. The molecule has 0 spiro atoms. The van der Waals surface area contributed by atoms with Gasteiger partial charge in [0.2, 0.25) is 0 Å². The highest BCUT2D eigenvalue weighted by atomic mass is 14.5. The monoisotopic (exact) mass is 169 g/mol. The summed E-state index contributed by atoms with van der Waals surface area (Å²) in [4.78, 5) is 0. The van der Waals surface area contributed by atoms with Crippen molar-refractivity contribution in [2.24, 2.45) is 23.0 Å². The van der Waals surface area contributed by atoms with Gasteiger partial charge in [0.05, 0.1) is 0 Å². The van der Waals surface area contributed by atoms with E-state index in [0.29, 0.717) is 5.41 Å². The van der Waals surface area contributed by atoms with Gasteiger partial charge in [-0.15, -0.1) is 0 Å². The Labute approximate surface area is 76.7 Å². The van der Waals surface area contributed by atoms with E-state index in [1.54, 1.807) is 0 Å². The SMILES string of the molecule is C[C@@H]1C[C@@H](CCN)CC(C)(C)C1. The molecule has 0 aromatic carbocycles. The van der Waals surface area contributed by atoms with E-state index in [1.807, 2.05) is 0 Å². The summed E-state index contributed by atoms with van der Waals surface area (Å²) in [5.74, 6) is 1.80. The van der Waals surface area contributed by atoms with Crippen LogP contribution >= 0.6 is 0 Å². The Morgan fingerprint density at radius 2 is 2.00 bits per heavy atom. The Morgan fingerprint density at radius 1 is 1.33 bits per heavy atom. The average molecular weight is 169 g/mol. The van der Waals surface area contributed by atoms with Gasteiger partial charge < -0.3 is 5.73 Å². The fraction of sp³-hybridized carbons (Fsp3) is 1.00. The Bertz CT molecular complexity index is 140. The molecule has 0 aliphatic heterocycles. The Hall–Kier alpha value is -0.0400. The van der Waals surface area contributed by atoms with E-state index < -0.39 is 0 Å². The molecule has 0 radical (unpaired) electrons. The number of nitrogens with two attached hydrogens (primary N) is 1. The van der Waals surface area contributed by atoms with Gasteiger partial charge in [-0.25, -0.2) is 0 Å². The van der Waals surface area contributed by atoms with Crippen LogP contribution in [0.5, 0.6) is 0 Å². The second kappa shape index (κ2) is 3.78. The van der Waals surface area contributed by atoms with E-state index in [0.717, 1.165) is 18.4 Å². The first-order valence-electron chi connectivity index (χ1n) is 5.23. The maximum atomic E-state index is 5.59. The topological polar surface area (TPSA) is 26.0 Å². The van der Waals surface area contributed by atoms with Crippen molar-refractivity contribution >= 4 is 0 Å². The lowest BCUT2D eigenvalue weighted by atomic mass is 9.67. The van der Waals surface area contributed by atoms with Crippen molar-refractivity contribution in [1.82, 2.24) is 0 Å². The number of hydrogen-bond acceptors (Lipinski definition) is 1. The Balaban J connectivity index is 2.46. The molecule has 0 saturated heterocycles. The van der Waals surface area contributed by atoms with E-state index in [2.05, 4.69) is 20.8 Å². The third-order valence-electron chi connectivity index (χ3n) is 3.05. The second-order valence-corrected chi connectivity index (χ2v) is 5.36. The minimum atomic E-state index is 0.567. The van der Waals surface area contributed by atoms with Gasteiger partial charge in [0.15, 0.2) is 0 Å². The molecule has 0 aromatic heterocycles.